The van der Waals surface area contributed by atoms with Gasteiger partial charge in [-0.15, -0.1) is 0 Å². The highest BCUT2D eigenvalue weighted by atomic mass is 32.1. The zero-order chi connectivity index (χ0) is 15.7. The monoisotopic (exact) mass is 308 g/mol. The van der Waals surface area contributed by atoms with Gasteiger partial charge >= 0.3 is 0 Å². The van der Waals surface area contributed by atoms with Crippen LogP contribution >= 0.6 is 12.2 Å². The summed E-state index contributed by atoms with van der Waals surface area (Å²) in [5.41, 5.74) is 6.67. The molecule has 0 radical (unpaired) electrons. The Labute approximate surface area is 132 Å². The van der Waals surface area contributed by atoms with Gasteiger partial charge in [0.2, 0.25) is 0 Å². The second kappa shape index (κ2) is 9.34. The SMILES string of the molecule is CCCCN(CCC(N)=S)C(=O)COc1ccc(C)cc1. The van der Waals surface area contributed by atoms with E-state index in [0.29, 0.717) is 23.7 Å². The molecule has 0 fully saturated rings. The summed E-state index contributed by atoms with van der Waals surface area (Å²) in [6.07, 6.45) is 2.55. The number of amides is 1. The highest BCUT2D eigenvalue weighted by Crippen LogP contribution is 2.11. The number of thiocarbonyl (C=S) groups is 1. The lowest BCUT2D eigenvalue weighted by molar-refractivity contribution is -0.133. The van der Waals surface area contributed by atoms with Crippen LogP contribution in [-0.4, -0.2) is 35.5 Å². The largest absolute Gasteiger partial charge is 0.484 e. The second-order valence-electron chi connectivity index (χ2n) is 5.05. The number of rotatable bonds is 9. The summed E-state index contributed by atoms with van der Waals surface area (Å²) in [7, 11) is 0. The van der Waals surface area contributed by atoms with Gasteiger partial charge in [-0.25, -0.2) is 0 Å². The van der Waals surface area contributed by atoms with Crippen LogP contribution in [0.5, 0.6) is 5.75 Å². The molecular weight excluding hydrogens is 284 g/mol. The minimum Gasteiger partial charge on any atom is -0.484 e. The third-order valence-electron chi connectivity index (χ3n) is 3.15. The highest BCUT2D eigenvalue weighted by Gasteiger charge is 2.13. The van der Waals surface area contributed by atoms with Crippen molar-refractivity contribution in [1.29, 1.82) is 0 Å². The van der Waals surface area contributed by atoms with E-state index in [0.717, 1.165) is 24.9 Å². The first-order valence-electron chi connectivity index (χ1n) is 7.28. The van der Waals surface area contributed by atoms with E-state index in [1.54, 1.807) is 4.90 Å². The lowest BCUT2D eigenvalue weighted by atomic mass is 10.2. The Balaban J connectivity index is 2.50. The fourth-order valence-corrected chi connectivity index (χ4v) is 1.92. The molecule has 21 heavy (non-hydrogen) atoms. The van der Waals surface area contributed by atoms with E-state index in [1.165, 1.54) is 0 Å². The summed E-state index contributed by atoms with van der Waals surface area (Å²) in [6.45, 7) is 5.43. The van der Waals surface area contributed by atoms with Crippen LogP contribution in [0.2, 0.25) is 0 Å². The molecule has 2 N–H and O–H groups in total. The molecule has 0 spiro atoms. The second-order valence-corrected chi connectivity index (χ2v) is 5.58. The lowest BCUT2D eigenvalue weighted by Gasteiger charge is -2.22. The Bertz CT molecular complexity index is 460. The third kappa shape index (κ3) is 7.09. The summed E-state index contributed by atoms with van der Waals surface area (Å²) in [4.78, 5) is 14.4. The number of nitrogens with two attached hydrogens (primary N) is 1. The number of hydrogen-bond donors (Lipinski definition) is 1. The zero-order valence-electron chi connectivity index (χ0n) is 12.8. The zero-order valence-corrected chi connectivity index (χ0v) is 13.6. The van der Waals surface area contributed by atoms with Gasteiger partial charge in [-0.3, -0.25) is 4.79 Å². The molecular formula is C16H24N2O2S. The van der Waals surface area contributed by atoms with Crippen molar-refractivity contribution in [3.05, 3.63) is 29.8 Å². The fraction of sp³-hybridized carbons (Fsp3) is 0.500. The first-order chi connectivity index (χ1) is 10.0. The summed E-state index contributed by atoms with van der Waals surface area (Å²) in [6, 6.07) is 7.66. The van der Waals surface area contributed by atoms with Gasteiger partial charge in [-0.05, 0) is 25.5 Å². The summed E-state index contributed by atoms with van der Waals surface area (Å²) >= 11 is 4.87. The topological polar surface area (TPSA) is 55.6 Å². The van der Waals surface area contributed by atoms with E-state index in [9.17, 15) is 4.79 Å². The van der Waals surface area contributed by atoms with E-state index in [-0.39, 0.29) is 12.5 Å². The molecule has 0 aliphatic carbocycles. The number of carbonyl (C=O) groups is 1. The molecule has 0 heterocycles. The van der Waals surface area contributed by atoms with E-state index < -0.39 is 0 Å². The van der Waals surface area contributed by atoms with Crippen molar-refractivity contribution in [2.75, 3.05) is 19.7 Å². The van der Waals surface area contributed by atoms with Crippen LogP contribution in [0.15, 0.2) is 24.3 Å². The Hall–Kier alpha value is -1.62. The number of unbranched alkanes of at least 4 members (excludes halogenated alkanes) is 1. The van der Waals surface area contributed by atoms with Crippen LogP contribution < -0.4 is 10.5 Å². The van der Waals surface area contributed by atoms with Crippen LogP contribution in [0.4, 0.5) is 0 Å². The van der Waals surface area contributed by atoms with Gasteiger partial charge < -0.3 is 15.4 Å². The number of hydrogen-bond acceptors (Lipinski definition) is 3. The van der Waals surface area contributed by atoms with Gasteiger partial charge in [0.25, 0.3) is 5.91 Å². The molecule has 0 aliphatic rings. The summed E-state index contributed by atoms with van der Waals surface area (Å²) < 4.78 is 5.54. The molecule has 0 saturated carbocycles. The average molecular weight is 308 g/mol. The molecule has 5 heteroatoms. The normalized spacial score (nSPS) is 10.2. The highest BCUT2D eigenvalue weighted by molar-refractivity contribution is 7.80. The first kappa shape index (κ1) is 17.4. The maximum Gasteiger partial charge on any atom is 0.260 e. The average Bonchev–Trinajstić information content (AvgIpc) is 2.46. The molecule has 0 atom stereocenters. The molecule has 0 unspecified atom stereocenters. The molecule has 0 aliphatic heterocycles. The van der Waals surface area contributed by atoms with Crippen LogP contribution in [0.25, 0.3) is 0 Å². The van der Waals surface area contributed by atoms with Gasteiger partial charge in [0.1, 0.15) is 5.75 Å². The number of nitrogens with zero attached hydrogens (tertiary/aromatic N) is 1. The minimum atomic E-state index is -0.0275. The Morgan fingerprint density at radius 1 is 1.29 bits per heavy atom. The van der Waals surface area contributed by atoms with Crippen molar-refractivity contribution in [3.63, 3.8) is 0 Å². The van der Waals surface area contributed by atoms with Crippen LogP contribution in [-0.2, 0) is 4.79 Å². The van der Waals surface area contributed by atoms with Crippen LogP contribution in [0.1, 0.15) is 31.7 Å². The van der Waals surface area contributed by atoms with E-state index in [1.807, 2.05) is 31.2 Å². The maximum atomic E-state index is 12.2. The molecule has 0 bridgehead atoms. The number of benzene rings is 1. The number of ether oxygens (including phenoxy) is 1. The van der Waals surface area contributed by atoms with E-state index in [2.05, 4.69) is 6.92 Å². The van der Waals surface area contributed by atoms with Crippen LogP contribution in [0, 0.1) is 6.92 Å². The fourth-order valence-electron chi connectivity index (χ4n) is 1.83. The molecule has 4 nitrogen and oxygen atoms in total. The molecule has 1 aromatic carbocycles. The predicted octanol–water partition coefficient (Wildman–Crippen LogP) is 2.68. The minimum absolute atomic E-state index is 0.0275. The van der Waals surface area contributed by atoms with Crippen molar-refractivity contribution in [2.24, 2.45) is 5.73 Å². The molecule has 1 aromatic rings. The maximum absolute atomic E-state index is 12.2. The Kier molecular flexibility index (Phi) is 7.75. The number of aryl methyl sites for hydroxylation is 1. The third-order valence-corrected chi connectivity index (χ3v) is 3.35. The lowest BCUT2D eigenvalue weighted by Crippen LogP contribution is -2.37. The van der Waals surface area contributed by atoms with E-state index >= 15 is 0 Å². The molecule has 1 amide bonds. The number of carbonyl (C=O) groups excluding carboxylic acids is 1. The Morgan fingerprint density at radius 3 is 2.52 bits per heavy atom. The van der Waals surface area contributed by atoms with Gasteiger partial charge in [-0.1, -0.05) is 43.3 Å². The van der Waals surface area contributed by atoms with Gasteiger partial charge in [-0.2, -0.15) is 0 Å². The smallest absolute Gasteiger partial charge is 0.260 e. The van der Waals surface area contributed by atoms with Gasteiger partial charge in [0, 0.05) is 19.5 Å². The molecule has 1 rings (SSSR count). The van der Waals surface area contributed by atoms with E-state index in [4.69, 9.17) is 22.7 Å². The molecule has 0 aromatic heterocycles. The van der Waals surface area contributed by atoms with Gasteiger partial charge in [0.05, 0.1) is 4.99 Å². The Morgan fingerprint density at radius 2 is 1.95 bits per heavy atom. The van der Waals surface area contributed by atoms with Crippen LogP contribution in [0.3, 0.4) is 0 Å². The standard InChI is InChI=1S/C16H24N2O2S/c1-3-4-10-18(11-9-15(17)21)16(19)12-20-14-7-5-13(2)6-8-14/h5-8H,3-4,9-12H2,1-2H3,(H2,17,21). The predicted molar refractivity (Wildman–Crippen MR) is 89.6 cm³/mol. The van der Waals surface area contributed by atoms with Crippen molar-refractivity contribution in [1.82, 2.24) is 4.90 Å². The van der Waals surface area contributed by atoms with Crippen molar-refractivity contribution in [2.45, 2.75) is 33.1 Å². The quantitative estimate of drug-likeness (QED) is 0.713. The van der Waals surface area contributed by atoms with Gasteiger partial charge in [0.15, 0.2) is 6.61 Å². The summed E-state index contributed by atoms with van der Waals surface area (Å²) in [5.74, 6) is 0.680. The molecule has 116 valence electrons. The van der Waals surface area contributed by atoms with Crippen molar-refractivity contribution < 1.29 is 9.53 Å². The first-order valence-corrected chi connectivity index (χ1v) is 7.69. The van der Waals surface area contributed by atoms with Crippen molar-refractivity contribution >= 4 is 23.1 Å². The summed E-state index contributed by atoms with van der Waals surface area (Å²) in [5, 5.41) is 0. The van der Waals surface area contributed by atoms with Crippen molar-refractivity contribution in [3.8, 4) is 5.75 Å². The molecule has 0 saturated heterocycles.